The van der Waals surface area contributed by atoms with Crippen LogP contribution in [0, 0.1) is 5.92 Å². The van der Waals surface area contributed by atoms with Crippen molar-refractivity contribution in [3.63, 3.8) is 0 Å². The topological polar surface area (TPSA) is 105 Å². The van der Waals surface area contributed by atoms with Crippen LogP contribution in [0.2, 0.25) is 0 Å². The molecule has 0 aromatic heterocycles. The highest BCUT2D eigenvalue weighted by atomic mass is 16.5. The average Bonchev–Trinajstić information content (AvgIpc) is 3.16. The van der Waals surface area contributed by atoms with Crippen LogP contribution in [0.25, 0.3) is 11.1 Å². The molecule has 0 aliphatic heterocycles. The molecule has 4 rings (SSSR count). The fourth-order valence-electron chi connectivity index (χ4n) is 5.15. The van der Waals surface area contributed by atoms with Gasteiger partial charge in [-0.15, -0.1) is 0 Å². The van der Waals surface area contributed by atoms with E-state index >= 15 is 0 Å². The van der Waals surface area contributed by atoms with Gasteiger partial charge in [0.2, 0.25) is 5.91 Å². The molecular weight excluding hydrogens is 432 g/mol. The third-order valence-electron chi connectivity index (χ3n) is 6.98. The summed E-state index contributed by atoms with van der Waals surface area (Å²) in [6.45, 7) is 1.56. The minimum Gasteiger partial charge on any atom is -0.480 e. The van der Waals surface area contributed by atoms with Crippen molar-refractivity contribution in [3.05, 3.63) is 59.7 Å². The van der Waals surface area contributed by atoms with Crippen molar-refractivity contribution < 1.29 is 24.2 Å². The molecule has 0 spiro atoms. The number of carboxylic acids is 1. The summed E-state index contributed by atoms with van der Waals surface area (Å²) in [7, 11) is 0. The lowest BCUT2D eigenvalue weighted by atomic mass is 9.84. The number of alkyl carbamates (subject to hydrolysis) is 1. The van der Waals surface area contributed by atoms with Gasteiger partial charge in [-0.05, 0) is 41.5 Å². The first kappa shape index (κ1) is 23.8. The first-order valence-corrected chi connectivity index (χ1v) is 12.1. The van der Waals surface area contributed by atoms with Gasteiger partial charge < -0.3 is 20.5 Å². The molecular formula is C27H32N2O5. The van der Waals surface area contributed by atoms with Crippen LogP contribution < -0.4 is 10.6 Å². The number of benzene rings is 2. The summed E-state index contributed by atoms with van der Waals surface area (Å²) in [6.07, 6.45) is 5.21. The zero-order valence-corrected chi connectivity index (χ0v) is 19.5. The third kappa shape index (κ3) is 5.41. The molecule has 0 saturated heterocycles. The molecule has 0 heterocycles. The predicted molar refractivity (Wildman–Crippen MR) is 128 cm³/mol. The van der Waals surface area contributed by atoms with Crippen molar-refractivity contribution in [2.24, 2.45) is 5.92 Å². The highest BCUT2D eigenvalue weighted by Gasteiger charge is 2.31. The third-order valence-corrected chi connectivity index (χ3v) is 6.98. The van der Waals surface area contributed by atoms with Crippen molar-refractivity contribution in [2.75, 3.05) is 6.61 Å². The molecule has 2 amide bonds. The van der Waals surface area contributed by atoms with E-state index in [0.717, 1.165) is 47.9 Å². The molecule has 2 aliphatic carbocycles. The number of aliphatic carboxylic acids is 1. The summed E-state index contributed by atoms with van der Waals surface area (Å²) >= 11 is 0. The van der Waals surface area contributed by atoms with Crippen molar-refractivity contribution in [3.8, 4) is 11.1 Å². The largest absolute Gasteiger partial charge is 0.480 e. The molecule has 2 atom stereocenters. The van der Waals surface area contributed by atoms with E-state index in [0.29, 0.717) is 12.3 Å². The number of hydrogen-bond acceptors (Lipinski definition) is 4. The number of ether oxygens (including phenoxy) is 1. The Morgan fingerprint density at radius 3 is 2.12 bits per heavy atom. The van der Waals surface area contributed by atoms with Crippen LogP contribution in [0.3, 0.4) is 0 Å². The van der Waals surface area contributed by atoms with E-state index < -0.39 is 30.1 Å². The molecule has 0 unspecified atom stereocenters. The van der Waals surface area contributed by atoms with Crippen LogP contribution >= 0.6 is 0 Å². The Labute approximate surface area is 199 Å². The molecule has 2 aromatic rings. The number of fused-ring (bicyclic) bond motifs is 3. The van der Waals surface area contributed by atoms with Gasteiger partial charge in [-0.1, -0.05) is 80.6 Å². The second-order valence-corrected chi connectivity index (χ2v) is 9.33. The van der Waals surface area contributed by atoms with Crippen LogP contribution in [0.5, 0.6) is 0 Å². The first-order valence-electron chi connectivity index (χ1n) is 12.1. The van der Waals surface area contributed by atoms with Gasteiger partial charge in [0.1, 0.15) is 18.7 Å². The van der Waals surface area contributed by atoms with Gasteiger partial charge in [0, 0.05) is 5.92 Å². The Morgan fingerprint density at radius 1 is 0.941 bits per heavy atom. The van der Waals surface area contributed by atoms with E-state index in [-0.39, 0.29) is 12.5 Å². The Hall–Kier alpha value is -3.35. The van der Waals surface area contributed by atoms with Crippen molar-refractivity contribution in [1.29, 1.82) is 0 Å². The van der Waals surface area contributed by atoms with Crippen LogP contribution in [0.15, 0.2) is 48.5 Å². The van der Waals surface area contributed by atoms with E-state index in [1.165, 1.54) is 13.3 Å². The number of nitrogens with one attached hydrogen (secondary N) is 2. The lowest BCUT2D eigenvalue weighted by molar-refractivity contribution is -0.141. The molecule has 2 aliphatic rings. The van der Waals surface area contributed by atoms with Crippen LogP contribution in [0.1, 0.15) is 62.5 Å². The van der Waals surface area contributed by atoms with Gasteiger partial charge in [0.05, 0.1) is 0 Å². The molecule has 7 heteroatoms. The standard InChI is InChI=1S/C27H32N2O5/c1-17(26(31)32)28-25(30)24(15-18-9-3-2-4-10-18)29-27(33)34-16-23-21-13-7-5-11-19(21)20-12-6-8-14-22(20)23/h5-8,11-14,17-18,23-24H,2-4,9-10,15-16H2,1H3,(H,28,30)(H,29,33)(H,31,32)/t17-,24-/m0/s1. The summed E-state index contributed by atoms with van der Waals surface area (Å²) < 4.78 is 5.62. The molecule has 180 valence electrons. The lowest BCUT2D eigenvalue weighted by Gasteiger charge is -2.27. The predicted octanol–water partition coefficient (Wildman–Crippen LogP) is 4.45. The lowest BCUT2D eigenvalue weighted by Crippen LogP contribution is -2.51. The molecule has 2 aromatic carbocycles. The summed E-state index contributed by atoms with van der Waals surface area (Å²) in [5.74, 6) is -1.37. The molecule has 0 radical (unpaired) electrons. The van der Waals surface area contributed by atoms with Crippen molar-refractivity contribution in [1.82, 2.24) is 10.6 Å². The second-order valence-electron chi connectivity index (χ2n) is 9.33. The van der Waals surface area contributed by atoms with Crippen LogP contribution in [-0.2, 0) is 14.3 Å². The maximum Gasteiger partial charge on any atom is 0.407 e. The summed E-state index contributed by atoms with van der Waals surface area (Å²) in [5.41, 5.74) is 4.51. The van der Waals surface area contributed by atoms with Gasteiger partial charge in [0.25, 0.3) is 0 Å². The summed E-state index contributed by atoms with van der Waals surface area (Å²) in [6, 6.07) is 14.3. The number of carboxylic acid groups (broad SMARTS) is 1. The number of hydrogen-bond donors (Lipinski definition) is 3. The van der Waals surface area contributed by atoms with Gasteiger partial charge in [0.15, 0.2) is 0 Å². The highest BCUT2D eigenvalue weighted by molar-refractivity contribution is 5.89. The normalized spacial score (nSPS) is 17.2. The van der Waals surface area contributed by atoms with Crippen molar-refractivity contribution in [2.45, 2.75) is 63.5 Å². The molecule has 1 fully saturated rings. The van der Waals surface area contributed by atoms with E-state index in [9.17, 15) is 14.4 Å². The molecule has 1 saturated carbocycles. The van der Waals surface area contributed by atoms with E-state index in [1.54, 1.807) is 0 Å². The molecule has 34 heavy (non-hydrogen) atoms. The van der Waals surface area contributed by atoms with Crippen LogP contribution in [-0.4, -0.2) is 41.8 Å². The minimum absolute atomic E-state index is 0.0733. The average molecular weight is 465 g/mol. The van der Waals surface area contributed by atoms with Gasteiger partial charge in [-0.3, -0.25) is 9.59 Å². The second kappa shape index (κ2) is 10.7. The minimum atomic E-state index is -1.12. The van der Waals surface area contributed by atoms with Gasteiger partial charge >= 0.3 is 12.1 Å². The number of carbonyl (C=O) groups is 3. The zero-order valence-electron chi connectivity index (χ0n) is 19.5. The monoisotopic (exact) mass is 464 g/mol. The van der Waals surface area contributed by atoms with E-state index in [2.05, 4.69) is 22.8 Å². The van der Waals surface area contributed by atoms with E-state index in [4.69, 9.17) is 9.84 Å². The fourth-order valence-corrected chi connectivity index (χ4v) is 5.15. The number of carbonyl (C=O) groups excluding carboxylic acids is 2. The van der Waals surface area contributed by atoms with Crippen molar-refractivity contribution >= 4 is 18.0 Å². The Kier molecular flexibility index (Phi) is 7.50. The van der Waals surface area contributed by atoms with Gasteiger partial charge in [-0.25, -0.2) is 4.79 Å². The summed E-state index contributed by atoms with van der Waals surface area (Å²) in [5, 5.41) is 14.4. The molecule has 0 bridgehead atoms. The Morgan fingerprint density at radius 2 is 1.53 bits per heavy atom. The molecule has 7 nitrogen and oxygen atoms in total. The van der Waals surface area contributed by atoms with Crippen LogP contribution in [0.4, 0.5) is 4.79 Å². The zero-order chi connectivity index (χ0) is 24.1. The quantitative estimate of drug-likeness (QED) is 0.535. The summed E-state index contributed by atoms with van der Waals surface area (Å²) in [4.78, 5) is 36.8. The smallest absolute Gasteiger partial charge is 0.407 e. The number of rotatable bonds is 8. The highest BCUT2D eigenvalue weighted by Crippen LogP contribution is 2.44. The molecule has 3 N–H and O–H groups in total. The maximum absolute atomic E-state index is 12.8. The Bertz CT molecular complexity index is 1000. The fraction of sp³-hybridized carbons (Fsp3) is 0.444. The SMILES string of the molecule is C[C@H](NC(=O)[C@H](CC1CCCCC1)NC(=O)OCC1c2ccccc2-c2ccccc21)C(=O)O. The number of amides is 2. The van der Waals surface area contributed by atoms with E-state index in [1.807, 2.05) is 36.4 Å². The maximum atomic E-state index is 12.8. The Balaban J connectivity index is 1.42. The first-order chi connectivity index (χ1) is 16.4. The van der Waals surface area contributed by atoms with Gasteiger partial charge in [-0.2, -0.15) is 0 Å².